The first-order chi connectivity index (χ1) is 8.93. The maximum absolute atomic E-state index is 4.66. The van der Waals surface area contributed by atoms with Crippen molar-refractivity contribution in [1.82, 2.24) is 9.97 Å². The molecule has 1 aliphatic rings. The maximum atomic E-state index is 4.66. The van der Waals surface area contributed by atoms with Gasteiger partial charge < -0.3 is 0 Å². The first-order valence-electron chi connectivity index (χ1n) is 6.58. The summed E-state index contributed by atoms with van der Waals surface area (Å²) in [5.41, 5.74) is 5.13. The van der Waals surface area contributed by atoms with Crippen LogP contribution in [0.5, 0.6) is 0 Å². The van der Waals surface area contributed by atoms with Crippen molar-refractivity contribution in [3.63, 3.8) is 0 Å². The molecule has 0 atom stereocenters. The third-order valence-electron chi connectivity index (χ3n) is 3.95. The largest absolute Gasteiger partial charge is 0.255 e. The van der Waals surface area contributed by atoms with E-state index in [1.165, 1.54) is 53.1 Å². The van der Waals surface area contributed by atoms with Gasteiger partial charge in [-0.3, -0.25) is 9.97 Å². The van der Waals surface area contributed by atoms with Crippen molar-refractivity contribution in [2.75, 3.05) is 0 Å². The van der Waals surface area contributed by atoms with Gasteiger partial charge in [-0.05, 0) is 42.9 Å². The fourth-order valence-corrected chi connectivity index (χ4v) is 3.05. The van der Waals surface area contributed by atoms with E-state index in [4.69, 9.17) is 0 Å². The van der Waals surface area contributed by atoms with Crippen LogP contribution < -0.4 is 0 Å². The number of fused-ring (bicyclic) bond motifs is 5. The molecule has 3 aromatic rings. The number of nitrogens with zero attached hydrogens (tertiary/aromatic N) is 2. The lowest BCUT2D eigenvalue weighted by Crippen LogP contribution is -2.04. The second-order valence-electron chi connectivity index (χ2n) is 5.00. The molecule has 1 aromatic carbocycles. The minimum absolute atomic E-state index is 0.987. The van der Waals surface area contributed by atoms with Crippen LogP contribution in [0.1, 0.15) is 24.0 Å². The highest BCUT2D eigenvalue weighted by molar-refractivity contribution is 6.05. The first kappa shape index (κ1) is 10.0. The van der Waals surface area contributed by atoms with E-state index in [0.717, 1.165) is 5.52 Å². The molecule has 0 saturated carbocycles. The first-order valence-corrected chi connectivity index (χ1v) is 6.58. The number of hydrogen-bond acceptors (Lipinski definition) is 2. The van der Waals surface area contributed by atoms with Gasteiger partial charge in [-0.1, -0.05) is 18.2 Å². The molecule has 2 nitrogen and oxygen atoms in total. The van der Waals surface area contributed by atoms with Gasteiger partial charge in [0.2, 0.25) is 0 Å². The second kappa shape index (κ2) is 3.77. The molecular weight excluding hydrogens is 220 g/mol. The van der Waals surface area contributed by atoms with Crippen molar-refractivity contribution in [3.8, 4) is 0 Å². The Morgan fingerprint density at radius 1 is 0.889 bits per heavy atom. The van der Waals surface area contributed by atoms with Crippen molar-refractivity contribution < 1.29 is 0 Å². The molecule has 2 heterocycles. The van der Waals surface area contributed by atoms with Crippen LogP contribution in [0.15, 0.2) is 36.7 Å². The SMILES string of the molecule is c1cnc2cnc3c4c(ccc3c2c1)CCCC4. The molecule has 0 bridgehead atoms. The van der Waals surface area contributed by atoms with Crippen LogP contribution >= 0.6 is 0 Å². The second-order valence-corrected chi connectivity index (χ2v) is 5.00. The normalized spacial score (nSPS) is 14.9. The third kappa shape index (κ3) is 1.35. The summed E-state index contributed by atoms with van der Waals surface area (Å²) in [6.07, 6.45) is 8.72. The molecule has 4 rings (SSSR count). The van der Waals surface area contributed by atoms with Gasteiger partial charge in [-0.15, -0.1) is 0 Å². The third-order valence-corrected chi connectivity index (χ3v) is 3.95. The molecular formula is C16H14N2. The number of aromatic nitrogens is 2. The van der Waals surface area contributed by atoms with Crippen LogP contribution in [0.2, 0.25) is 0 Å². The molecule has 1 aliphatic carbocycles. The molecule has 0 fully saturated rings. The number of benzene rings is 1. The Hall–Kier alpha value is -1.96. The van der Waals surface area contributed by atoms with Crippen molar-refractivity contribution in [2.24, 2.45) is 0 Å². The minimum atomic E-state index is 0.987. The van der Waals surface area contributed by atoms with Crippen LogP contribution in [0.4, 0.5) is 0 Å². The van der Waals surface area contributed by atoms with Crippen molar-refractivity contribution in [1.29, 1.82) is 0 Å². The molecule has 0 N–H and O–H groups in total. The summed E-state index contributed by atoms with van der Waals surface area (Å²) in [6, 6.07) is 8.64. The predicted molar refractivity (Wildman–Crippen MR) is 73.7 cm³/mol. The average molecular weight is 234 g/mol. The molecule has 2 heteroatoms. The molecule has 0 amide bonds. The summed E-state index contributed by atoms with van der Waals surface area (Å²) in [4.78, 5) is 9.04. The highest BCUT2D eigenvalue weighted by Gasteiger charge is 2.14. The standard InChI is InChI=1S/C16H14N2/c1-2-5-12-11(4-1)7-8-14-13-6-3-9-17-15(13)10-18-16(12)14/h3,6-10H,1-2,4-5H2. The number of hydrogen-bond donors (Lipinski definition) is 0. The Morgan fingerprint density at radius 2 is 1.83 bits per heavy atom. The summed E-state index contributed by atoms with van der Waals surface area (Å²) in [6.45, 7) is 0. The molecule has 0 spiro atoms. The Labute approximate surface area is 106 Å². The zero-order valence-electron chi connectivity index (χ0n) is 10.2. The Balaban J connectivity index is 2.15. The molecule has 0 radical (unpaired) electrons. The number of pyridine rings is 2. The van der Waals surface area contributed by atoms with Crippen LogP contribution in [0.3, 0.4) is 0 Å². The lowest BCUT2D eigenvalue weighted by Gasteiger charge is -2.17. The summed E-state index contributed by atoms with van der Waals surface area (Å²) in [5.74, 6) is 0. The molecule has 88 valence electrons. The van der Waals surface area contributed by atoms with E-state index in [1.807, 2.05) is 18.5 Å². The van der Waals surface area contributed by atoms with Gasteiger partial charge in [0.1, 0.15) is 0 Å². The highest BCUT2D eigenvalue weighted by Crippen LogP contribution is 2.30. The van der Waals surface area contributed by atoms with Crippen LogP contribution in [-0.4, -0.2) is 9.97 Å². The molecule has 0 saturated heterocycles. The molecule has 0 aliphatic heterocycles. The lowest BCUT2D eigenvalue weighted by atomic mass is 9.89. The van der Waals surface area contributed by atoms with Crippen LogP contribution in [-0.2, 0) is 12.8 Å². The zero-order chi connectivity index (χ0) is 11.9. The van der Waals surface area contributed by atoms with E-state index >= 15 is 0 Å². The highest BCUT2D eigenvalue weighted by atomic mass is 14.7. The average Bonchev–Trinajstić information content (AvgIpc) is 2.46. The number of rotatable bonds is 0. The van der Waals surface area contributed by atoms with Crippen LogP contribution in [0.25, 0.3) is 21.8 Å². The zero-order valence-corrected chi connectivity index (χ0v) is 10.2. The topological polar surface area (TPSA) is 25.8 Å². The molecule has 0 unspecified atom stereocenters. The van der Waals surface area contributed by atoms with Gasteiger partial charge in [0, 0.05) is 17.0 Å². The monoisotopic (exact) mass is 234 g/mol. The van der Waals surface area contributed by atoms with E-state index in [0.29, 0.717) is 0 Å². The van der Waals surface area contributed by atoms with E-state index < -0.39 is 0 Å². The van der Waals surface area contributed by atoms with Gasteiger partial charge in [0.15, 0.2) is 0 Å². The lowest BCUT2D eigenvalue weighted by molar-refractivity contribution is 0.689. The van der Waals surface area contributed by atoms with Crippen molar-refractivity contribution in [2.45, 2.75) is 25.7 Å². The van der Waals surface area contributed by atoms with Gasteiger partial charge in [-0.25, -0.2) is 0 Å². The Bertz CT molecular complexity index is 747. The van der Waals surface area contributed by atoms with E-state index in [-0.39, 0.29) is 0 Å². The summed E-state index contributed by atoms with van der Waals surface area (Å²) >= 11 is 0. The van der Waals surface area contributed by atoms with Crippen LogP contribution in [0, 0.1) is 0 Å². The van der Waals surface area contributed by atoms with E-state index in [1.54, 1.807) is 0 Å². The Kier molecular flexibility index (Phi) is 2.10. The fraction of sp³-hybridized carbons (Fsp3) is 0.250. The number of aryl methyl sites for hydroxylation is 2. The van der Waals surface area contributed by atoms with Crippen molar-refractivity contribution in [3.05, 3.63) is 47.8 Å². The summed E-state index contributed by atoms with van der Waals surface area (Å²) in [5, 5.41) is 2.47. The Morgan fingerprint density at radius 3 is 2.83 bits per heavy atom. The maximum Gasteiger partial charge on any atom is 0.0891 e. The van der Waals surface area contributed by atoms with Crippen molar-refractivity contribution >= 4 is 21.8 Å². The smallest absolute Gasteiger partial charge is 0.0891 e. The summed E-state index contributed by atoms with van der Waals surface area (Å²) in [7, 11) is 0. The van der Waals surface area contributed by atoms with Gasteiger partial charge in [0.25, 0.3) is 0 Å². The van der Waals surface area contributed by atoms with Gasteiger partial charge in [-0.2, -0.15) is 0 Å². The van der Waals surface area contributed by atoms with E-state index in [2.05, 4.69) is 28.2 Å². The molecule has 18 heavy (non-hydrogen) atoms. The fourth-order valence-electron chi connectivity index (χ4n) is 3.05. The molecule has 2 aromatic heterocycles. The summed E-state index contributed by atoms with van der Waals surface area (Å²) < 4.78 is 0. The predicted octanol–water partition coefficient (Wildman–Crippen LogP) is 3.66. The van der Waals surface area contributed by atoms with E-state index in [9.17, 15) is 0 Å². The quantitative estimate of drug-likeness (QED) is 0.555. The van der Waals surface area contributed by atoms with Gasteiger partial charge >= 0.3 is 0 Å². The van der Waals surface area contributed by atoms with Gasteiger partial charge in [0.05, 0.1) is 17.2 Å². The minimum Gasteiger partial charge on any atom is -0.255 e.